The molecule has 0 aliphatic carbocycles. The van der Waals surface area contributed by atoms with Crippen molar-refractivity contribution in [2.75, 3.05) is 17.3 Å². The number of hydrogen-bond acceptors (Lipinski definition) is 1. The summed E-state index contributed by atoms with van der Waals surface area (Å²) in [7, 11) is 0. The van der Waals surface area contributed by atoms with E-state index in [0.29, 0.717) is 12.3 Å². The summed E-state index contributed by atoms with van der Waals surface area (Å²) in [6.45, 7) is 2.75. The first-order valence-corrected chi connectivity index (χ1v) is 6.57. The van der Waals surface area contributed by atoms with Gasteiger partial charge in [-0.2, -0.15) is 0 Å². The van der Waals surface area contributed by atoms with E-state index in [4.69, 9.17) is 11.6 Å². The van der Waals surface area contributed by atoms with Crippen molar-refractivity contribution >= 4 is 39.1 Å². The SMILES string of the molecule is Cc1ccc(Br)c(N2CC(CCl)CC2=O)c1. The van der Waals surface area contributed by atoms with Gasteiger partial charge in [-0.1, -0.05) is 6.07 Å². The average Bonchev–Trinajstić information content (AvgIpc) is 2.63. The molecule has 0 radical (unpaired) electrons. The number of rotatable bonds is 2. The second kappa shape index (κ2) is 4.76. The predicted octanol–water partition coefficient (Wildman–Crippen LogP) is 3.35. The third kappa shape index (κ3) is 2.25. The van der Waals surface area contributed by atoms with Crippen molar-refractivity contribution in [1.82, 2.24) is 0 Å². The lowest BCUT2D eigenvalue weighted by molar-refractivity contribution is -0.117. The summed E-state index contributed by atoms with van der Waals surface area (Å²) in [5.41, 5.74) is 2.11. The van der Waals surface area contributed by atoms with Crippen LogP contribution in [-0.2, 0) is 4.79 Å². The highest BCUT2D eigenvalue weighted by atomic mass is 79.9. The summed E-state index contributed by atoms with van der Waals surface area (Å²) in [6.07, 6.45) is 0.559. The van der Waals surface area contributed by atoms with Crippen molar-refractivity contribution in [2.45, 2.75) is 13.3 Å². The molecule has 0 bridgehead atoms. The van der Waals surface area contributed by atoms with Crippen molar-refractivity contribution in [1.29, 1.82) is 0 Å². The molecule has 1 heterocycles. The summed E-state index contributed by atoms with van der Waals surface area (Å²) in [6, 6.07) is 6.03. The summed E-state index contributed by atoms with van der Waals surface area (Å²) in [5.74, 6) is 0.990. The molecule has 1 aliphatic rings. The molecule has 0 N–H and O–H groups in total. The van der Waals surface area contributed by atoms with Crippen LogP contribution in [0.1, 0.15) is 12.0 Å². The topological polar surface area (TPSA) is 20.3 Å². The standard InChI is InChI=1S/C12H13BrClNO/c1-8-2-3-10(13)11(4-8)15-7-9(6-14)5-12(15)16/h2-4,9H,5-7H2,1H3. The van der Waals surface area contributed by atoms with E-state index in [-0.39, 0.29) is 11.8 Å². The Kier molecular flexibility index (Phi) is 3.55. The van der Waals surface area contributed by atoms with Gasteiger partial charge in [0.15, 0.2) is 0 Å². The number of anilines is 1. The van der Waals surface area contributed by atoms with Crippen LogP contribution in [0.5, 0.6) is 0 Å². The number of alkyl halides is 1. The maximum absolute atomic E-state index is 11.9. The molecule has 2 nitrogen and oxygen atoms in total. The van der Waals surface area contributed by atoms with Gasteiger partial charge in [-0.05, 0) is 46.5 Å². The van der Waals surface area contributed by atoms with Gasteiger partial charge < -0.3 is 4.90 Å². The van der Waals surface area contributed by atoms with Crippen molar-refractivity contribution in [3.05, 3.63) is 28.2 Å². The largest absolute Gasteiger partial charge is 0.311 e. The van der Waals surface area contributed by atoms with E-state index in [1.54, 1.807) is 0 Å². The smallest absolute Gasteiger partial charge is 0.227 e. The minimum absolute atomic E-state index is 0.164. The monoisotopic (exact) mass is 301 g/mol. The van der Waals surface area contributed by atoms with E-state index in [1.165, 1.54) is 0 Å². The van der Waals surface area contributed by atoms with E-state index in [0.717, 1.165) is 22.3 Å². The van der Waals surface area contributed by atoms with Gasteiger partial charge in [0.25, 0.3) is 0 Å². The Hall–Kier alpha value is -0.540. The minimum atomic E-state index is 0.164. The lowest BCUT2D eigenvalue weighted by Gasteiger charge is -2.18. The Morgan fingerprint density at radius 1 is 1.56 bits per heavy atom. The number of aryl methyl sites for hydroxylation is 1. The van der Waals surface area contributed by atoms with Crippen LogP contribution in [-0.4, -0.2) is 18.3 Å². The first kappa shape index (κ1) is 11.9. The van der Waals surface area contributed by atoms with Crippen molar-refractivity contribution in [3.8, 4) is 0 Å². The van der Waals surface area contributed by atoms with E-state index in [9.17, 15) is 4.79 Å². The lowest BCUT2D eigenvalue weighted by Crippen LogP contribution is -2.25. The molecule has 1 atom stereocenters. The first-order valence-electron chi connectivity index (χ1n) is 5.24. The molecule has 2 rings (SSSR count). The molecule has 0 aromatic heterocycles. The van der Waals surface area contributed by atoms with E-state index in [2.05, 4.69) is 15.9 Å². The predicted molar refractivity (Wildman–Crippen MR) is 70.1 cm³/mol. The minimum Gasteiger partial charge on any atom is -0.311 e. The quantitative estimate of drug-likeness (QED) is 0.767. The summed E-state index contributed by atoms with van der Waals surface area (Å²) in [5, 5.41) is 0. The summed E-state index contributed by atoms with van der Waals surface area (Å²) < 4.78 is 0.960. The Bertz CT molecular complexity index is 421. The van der Waals surface area contributed by atoms with Crippen molar-refractivity contribution in [2.24, 2.45) is 5.92 Å². The van der Waals surface area contributed by atoms with Crippen LogP contribution in [0.15, 0.2) is 22.7 Å². The zero-order valence-electron chi connectivity index (χ0n) is 9.04. The van der Waals surface area contributed by atoms with Crippen LogP contribution in [0.3, 0.4) is 0 Å². The Labute approximate surface area is 109 Å². The molecular formula is C12H13BrClNO. The molecule has 86 valence electrons. The number of carbonyl (C=O) groups excluding carboxylic acids is 1. The highest BCUT2D eigenvalue weighted by Crippen LogP contribution is 2.32. The fourth-order valence-corrected chi connectivity index (χ4v) is 2.61. The second-order valence-corrected chi connectivity index (χ2v) is 5.35. The van der Waals surface area contributed by atoms with Crippen molar-refractivity contribution in [3.63, 3.8) is 0 Å². The number of halogens is 2. The molecule has 1 amide bonds. The van der Waals surface area contributed by atoms with E-state index < -0.39 is 0 Å². The normalized spacial score (nSPS) is 20.6. The Morgan fingerprint density at radius 3 is 2.94 bits per heavy atom. The van der Waals surface area contributed by atoms with Crippen LogP contribution in [0, 0.1) is 12.8 Å². The molecule has 1 fully saturated rings. The zero-order valence-corrected chi connectivity index (χ0v) is 11.4. The molecule has 1 aliphatic heterocycles. The van der Waals surface area contributed by atoms with Crippen molar-refractivity contribution < 1.29 is 4.79 Å². The molecule has 1 unspecified atom stereocenters. The third-order valence-electron chi connectivity index (χ3n) is 2.82. The molecule has 0 saturated carbocycles. The highest BCUT2D eigenvalue weighted by molar-refractivity contribution is 9.10. The van der Waals surface area contributed by atoms with Crippen LogP contribution < -0.4 is 4.90 Å². The van der Waals surface area contributed by atoms with Crippen LogP contribution in [0.4, 0.5) is 5.69 Å². The van der Waals surface area contributed by atoms with Gasteiger partial charge in [-0.15, -0.1) is 11.6 Å². The van der Waals surface area contributed by atoms with E-state index >= 15 is 0 Å². The second-order valence-electron chi connectivity index (χ2n) is 4.18. The molecule has 1 aromatic carbocycles. The Balaban J connectivity index is 2.30. The fourth-order valence-electron chi connectivity index (χ4n) is 1.95. The molecular weight excluding hydrogens is 289 g/mol. The van der Waals surface area contributed by atoms with Gasteiger partial charge in [0, 0.05) is 23.3 Å². The molecule has 1 aromatic rings. The molecule has 16 heavy (non-hydrogen) atoms. The van der Waals surface area contributed by atoms with Gasteiger partial charge in [-0.3, -0.25) is 4.79 Å². The van der Waals surface area contributed by atoms with Gasteiger partial charge in [-0.25, -0.2) is 0 Å². The number of carbonyl (C=O) groups is 1. The summed E-state index contributed by atoms with van der Waals surface area (Å²) >= 11 is 9.29. The Morgan fingerprint density at radius 2 is 2.31 bits per heavy atom. The molecule has 0 spiro atoms. The molecule has 4 heteroatoms. The van der Waals surface area contributed by atoms with Gasteiger partial charge in [0.2, 0.25) is 5.91 Å². The third-order valence-corrected chi connectivity index (χ3v) is 3.92. The number of nitrogens with zero attached hydrogens (tertiary/aromatic N) is 1. The fraction of sp³-hybridized carbons (Fsp3) is 0.417. The van der Waals surface area contributed by atoms with E-state index in [1.807, 2.05) is 30.0 Å². The number of amides is 1. The lowest BCUT2D eigenvalue weighted by atomic mass is 10.1. The van der Waals surface area contributed by atoms with Crippen LogP contribution in [0.2, 0.25) is 0 Å². The zero-order chi connectivity index (χ0) is 11.7. The van der Waals surface area contributed by atoms with Gasteiger partial charge in [0.1, 0.15) is 0 Å². The van der Waals surface area contributed by atoms with Gasteiger partial charge >= 0.3 is 0 Å². The van der Waals surface area contributed by atoms with Crippen LogP contribution >= 0.6 is 27.5 Å². The summed E-state index contributed by atoms with van der Waals surface area (Å²) in [4.78, 5) is 13.7. The van der Waals surface area contributed by atoms with Gasteiger partial charge in [0.05, 0.1) is 5.69 Å². The van der Waals surface area contributed by atoms with Crippen LogP contribution in [0.25, 0.3) is 0 Å². The number of benzene rings is 1. The molecule has 1 saturated heterocycles. The average molecular weight is 303 g/mol. The highest BCUT2D eigenvalue weighted by Gasteiger charge is 2.30. The maximum Gasteiger partial charge on any atom is 0.227 e. The maximum atomic E-state index is 11.9. The number of hydrogen-bond donors (Lipinski definition) is 0. The first-order chi connectivity index (χ1) is 7.61.